The minimum Gasteiger partial charge on any atom is -0.444 e. The summed E-state index contributed by atoms with van der Waals surface area (Å²) in [6, 6.07) is 5.69. The van der Waals surface area contributed by atoms with Gasteiger partial charge < -0.3 is 15.8 Å². The first-order valence-electron chi connectivity index (χ1n) is 8.76. The molecule has 1 aromatic carbocycles. The van der Waals surface area contributed by atoms with Gasteiger partial charge in [0.15, 0.2) is 5.17 Å². The van der Waals surface area contributed by atoms with Gasteiger partial charge in [0.1, 0.15) is 5.60 Å². The van der Waals surface area contributed by atoms with Crippen LogP contribution in [-0.2, 0) is 11.3 Å². The molecule has 0 saturated carbocycles. The Morgan fingerprint density at radius 2 is 2.15 bits per heavy atom. The summed E-state index contributed by atoms with van der Waals surface area (Å²) in [6.45, 7) is 9.76. The molecule has 0 radical (unpaired) electrons. The molecule has 1 amide bonds. The number of alkyl carbamates (subject to hydrolysis) is 1. The first-order chi connectivity index (χ1) is 12.7. The molecule has 1 aromatic heterocycles. The first kappa shape index (κ1) is 20.8. The molecule has 0 spiro atoms. The van der Waals surface area contributed by atoms with Gasteiger partial charge in [-0.15, -0.1) is 0 Å². The normalized spacial score (nSPS) is 12.1. The molecule has 0 unspecified atom stereocenters. The van der Waals surface area contributed by atoms with E-state index in [1.807, 2.05) is 59.0 Å². The third-order valence-corrected chi connectivity index (χ3v) is 4.05. The van der Waals surface area contributed by atoms with E-state index in [4.69, 9.17) is 10.5 Å². The number of hydrogen-bond donors (Lipinski definition) is 2. The predicted molar refractivity (Wildman–Crippen MR) is 111 cm³/mol. The van der Waals surface area contributed by atoms with Crippen molar-refractivity contribution in [2.75, 3.05) is 5.75 Å². The van der Waals surface area contributed by atoms with Crippen LogP contribution in [-0.4, -0.2) is 32.4 Å². The third kappa shape index (κ3) is 6.63. The van der Waals surface area contributed by atoms with Crippen molar-refractivity contribution in [1.29, 1.82) is 0 Å². The third-order valence-electron chi connectivity index (χ3n) is 3.38. The molecular weight excluding hydrogens is 362 g/mol. The smallest absolute Gasteiger partial charge is 0.407 e. The molecule has 7 nitrogen and oxygen atoms in total. The zero-order valence-corrected chi connectivity index (χ0v) is 17.3. The van der Waals surface area contributed by atoms with Crippen LogP contribution in [0.1, 0.15) is 38.8 Å². The first-order valence-corrected chi connectivity index (χ1v) is 9.75. The van der Waals surface area contributed by atoms with Crippen LogP contribution in [0.25, 0.3) is 5.69 Å². The highest BCUT2D eigenvalue weighted by atomic mass is 32.2. The Morgan fingerprint density at radius 3 is 2.74 bits per heavy atom. The van der Waals surface area contributed by atoms with Crippen LogP contribution in [0.2, 0.25) is 0 Å². The van der Waals surface area contributed by atoms with E-state index in [-0.39, 0.29) is 6.54 Å². The molecule has 0 aliphatic carbocycles. The van der Waals surface area contributed by atoms with E-state index >= 15 is 0 Å². The number of benzene rings is 1. The topological polar surface area (TPSA) is 94.5 Å². The number of rotatable bonds is 5. The van der Waals surface area contributed by atoms with Crippen molar-refractivity contribution in [2.24, 2.45) is 10.7 Å². The maximum Gasteiger partial charge on any atom is 0.407 e. The van der Waals surface area contributed by atoms with Crippen molar-refractivity contribution < 1.29 is 9.53 Å². The molecule has 8 heteroatoms. The number of aromatic nitrogens is 2. The quantitative estimate of drug-likeness (QED) is 0.597. The number of carbonyl (C=O) groups is 1. The van der Waals surface area contributed by atoms with E-state index in [1.165, 1.54) is 11.8 Å². The van der Waals surface area contributed by atoms with Gasteiger partial charge in [-0.2, -0.15) is 5.10 Å². The van der Waals surface area contributed by atoms with E-state index in [0.29, 0.717) is 5.17 Å². The van der Waals surface area contributed by atoms with Crippen molar-refractivity contribution in [3.8, 4) is 5.69 Å². The number of thioether (sulfide) groups is 1. The second-order valence-corrected chi connectivity index (χ2v) is 8.30. The van der Waals surface area contributed by atoms with Gasteiger partial charge in [-0.05, 0) is 62.8 Å². The van der Waals surface area contributed by atoms with Gasteiger partial charge in [-0.25, -0.2) is 14.5 Å². The molecule has 0 bridgehead atoms. The van der Waals surface area contributed by atoms with Crippen molar-refractivity contribution in [1.82, 2.24) is 15.1 Å². The monoisotopic (exact) mass is 389 g/mol. The summed E-state index contributed by atoms with van der Waals surface area (Å²) >= 11 is 1.48. The fourth-order valence-corrected chi connectivity index (χ4v) is 2.81. The fourth-order valence-electron chi connectivity index (χ4n) is 2.34. The SMILES string of the molecule is CCSC(N)=Nc1ccc(-n2cc(C)cn2)c(CNC(=O)OC(C)(C)C)c1. The Balaban J connectivity index is 2.29. The van der Waals surface area contributed by atoms with Crippen LogP contribution in [0.4, 0.5) is 10.5 Å². The lowest BCUT2D eigenvalue weighted by atomic mass is 10.1. The molecule has 0 saturated heterocycles. The second kappa shape index (κ2) is 8.94. The number of ether oxygens (including phenoxy) is 1. The van der Waals surface area contributed by atoms with Crippen molar-refractivity contribution in [2.45, 2.75) is 46.8 Å². The van der Waals surface area contributed by atoms with Crippen molar-refractivity contribution >= 4 is 28.7 Å². The van der Waals surface area contributed by atoms with Crippen LogP contribution in [0, 0.1) is 6.92 Å². The van der Waals surface area contributed by atoms with Gasteiger partial charge >= 0.3 is 6.09 Å². The molecule has 146 valence electrons. The summed E-state index contributed by atoms with van der Waals surface area (Å²) in [7, 11) is 0. The van der Waals surface area contributed by atoms with Crippen molar-refractivity contribution in [3.63, 3.8) is 0 Å². The second-order valence-electron chi connectivity index (χ2n) is 7.01. The van der Waals surface area contributed by atoms with Crippen LogP contribution in [0.3, 0.4) is 0 Å². The van der Waals surface area contributed by atoms with Crippen LogP contribution in [0.5, 0.6) is 0 Å². The Kier molecular flexibility index (Phi) is 6.90. The maximum absolute atomic E-state index is 12.0. The standard InChI is InChI=1S/C19H27N5O2S/c1-6-27-17(20)23-15-7-8-16(24-12-13(2)10-22-24)14(9-15)11-21-18(25)26-19(3,4)5/h7-10,12H,6,11H2,1-5H3,(H2,20,23)(H,21,25). The highest BCUT2D eigenvalue weighted by Gasteiger charge is 2.16. The maximum atomic E-state index is 12.0. The van der Waals surface area contributed by atoms with Gasteiger partial charge in [0.25, 0.3) is 0 Å². The van der Waals surface area contributed by atoms with Gasteiger partial charge in [0, 0.05) is 12.7 Å². The Labute approximate surface area is 164 Å². The molecule has 0 aliphatic heterocycles. The predicted octanol–water partition coefficient (Wildman–Crippen LogP) is 3.90. The average Bonchev–Trinajstić information content (AvgIpc) is 2.98. The van der Waals surface area contributed by atoms with Gasteiger partial charge in [-0.3, -0.25) is 0 Å². The molecule has 0 fully saturated rings. The zero-order valence-electron chi connectivity index (χ0n) is 16.4. The largest absolute Gasteiger partial charge is 0.444 e. The summed E-state index contributed by atoms with van der Waals surface area (Å²) in [5, 5.41) is 7.66. The number of nitrogens with one attached hydrogen (secondary N) is 1. The van der Waals surface area contributed by atoms with E-state index in [2.05, 4.69) is 15.4 Å². The number of amidine groups is 1. The number of aryl methyl sites for hydroxylation is 1. The fraction of sp³-hybridized carbons (Fsp3) is 0.421. The lowest BCUT2D eigenvalue weighted by Crippen LogP contribution is -2.32. The molecule has 2 aromatic rings. The van der Waals surface area contributed by atoms with Gasteiger partial charge in [-0.1, -0.05) is 18.7 Å². The van der Waals surface area contributed by atoms with E-state index in [0.717, 1.165) is 28.3 Å². The van der Waals surface area contributed by atoms with Crippen molar-refractivity contribution in [3.05, 3.63) is 41.7 Å². The van der Waals surface area contributed by atoms with E-state index in [1.54, 1.807) is 10.9 Å². The van der Waals surface area contributed by atoms with Crippen LogP contribution in [0.15, 0.2) is 35.6 Å². The Hall–Kier alpha value is -2.48. The van der Waals surface area contributed by atoms with Crippen LogP contribution >= 0.6 is 11.8 Å². The average molecular weight is 390 g/mol. The summed E-state index contributed by atoms with van der Waals surface area (Å²) < 4.78 is 7.09. The molecule has 2 rings (SSSR count). The molecule has 1 heterocycles. The number of nitrogens with two attached hydrogens (primary N) is 1. The molecule has 3 N–H and O–H groups in total. The number of hydrogen-bond acceptors (Lipinski definition) is 5. The highest BCUT2D eigenvalue weighted by Crippen LogP contribution is 2.23. The number of aliphatic imine (C=N–C) groups is 1. The Bertz CT molecular complexity index is 824. The Morgan fingerprint density at radius 1 is 1.41 bits per heavy atom. The molecule has 0 atom stereocenters. The molecular formula is C19H27N5O2S. The number of carbonyl (C=O) groups excluding carboxylic acids is 1. The number of nitrogens with zero attached hydrogens (tertiary/aromatic N) is 3. The highest BCUT2D eigenvalue weighted by molar-refractivity contribution is 8.13. The zero-order chi connectivity index (χ0) is 20.0. The molecule has 27 heavy (non-hydrogen) atoms. The summed E-state index contributed by atoms with van der Waals surface area (Å²) in [5.74, 6) is 0.854. The van der Waals surface area contributed by atoms with E-state index in [9.17, 15) is 4.79 Å². The number of amides is 1. The summed E-state index contributed by atoms with van der Waals surface area (Å²) in [4.78, 5) is 16.4. The molecule has 0 aliphatic rings. The summed E-state index contributed by atoms with van der Waals surface area (Å²) in [5.41, 5.74) is 8.86. The summed E-state index contributed by atoms with van der Waals surface area (Å²) in [6.07, 6.45) is 3.24. The van der Waals surface area contributed by atoms with E-state index < -0.39 is 11.7 Å². The minimum absolute atomic E-state index is 0.285. The van der Waals surface area contributed by atoms with Gasteiger partial charge in [0.05, 0.1) is 17.6 Å². The lowest BCUT2D eigenvalue weighted by Gasteiger charge is -2.20. The lowest BCUT2D eigenvalue weighted by molar-refractivity contribution is 0.0523. The van der Waals surface area contributed by atoms with Crippen LogP contribution < -0.4 is 11.1 Å². The minimum atomic E-state index is -0.552. The van der Waals surface area contributed by atoms with Gasteiger partial charge in [0.2, 0.25) is 0 Å².